The van der Waals surface area contributed by atoms with Crippen molar-refractivity contribution in [2.45, 2.75) is 12.5 Å². The molecule has 1 aliphatic rings. The smallest absolute Gasteiger partial charge is 0.308 e. The monoisotopic (exact) mass is 342 g/mol. The molecule has 0 aromatic carbocycles. The van der Waals surface area contributed by atoms with Crippen LogP contribution in [0.4, 0.5) is 0 Å². The molecule has 0 saturated carbocycles. The van der Waals surface area contributed by atoms with Crippen LogP contribution in [0, 0.1) is 0 Å². The van der Waals surface area contributed by atoms with Crippen molar-refractivity contribution >= 4 is 27.8 Å². The molecule has 1 amide bonds. The van der Waals surface area contributed by atoms with Crippen molar-refractivity contribution in [1.29, 1.82) is 0 Å². The van der Waals surface area contributed by atoms with Crippen LogP contribution >= 0.6 is 15.9 Å². The number of ether oxygens (including phenoxy) is 2. The van der Waals surface area contributed by atoms with Crippen molar-refractivity contribution in [2.75, 3.05) is 26.8 Å². The number of hydrogen-bond donors (Lipinski definition) is 0. The van der Waals surface area contributed by atoms with E-state index in [1.165, 1.54) is 7.11 Å². The van der Waals surface area contributed by atoms with E-state index in [0.29, 0.717) is 29.9 Å². The number of esters is 1. The second-order valence-corrected chi connectivity index (χ2v) is 5.20. The Balaban J connectivity index is 2.01. The van der Waals surface area contributed by atoms with E-state index >= 15 is 0 Å². The predicted octanol–water partition coefficient (Wildman–Crippen LogP) is 1.25. The van der Waals surface area contributed by atoms with Crippen molar-refractivity contribution < 1.29 is 19.1 Å². The van der Waals surface area contributed by atoms with E-state index in [1.54, 1.807) is 23.2 Å². The molecule has 1 unspecified atom stereocenters. The molecule has 1 fully saturated rings. The van der Waals surface area contributed by atoms with Gasteiger partial charge in [0.2, 0.25) is 0 Å². The Morgan fingerprint density at radius 1 is 1.60 bits per heavy atom. The summed E-state index contributed by atoms with van der Waals surface area (Å²) in [5, 5.41) is 0. The molecule has 1 aromatic heterocycles. The number of hydrogen-bond acceptors (Lipinski definition) is 5. The third-order valence-corrected chi connectivity index (χ3v) is 3.46. The number of halogens is 1. The van der Waals surface area contributed by atoms with Crippen molar-refractivity contribution in [3.8, 4) is 0 Å². The van der Waals surface area contributed by atoms with Gasteiger partial charge in [-0.3, -0.25) is 9.59 Å². The molecule has 0 N–H and O–H groups in total. The van der Waals surface area contributed by atoms with Gasteiger partial charge in [-0.15, -0.1) is 0 Å². The summed E-state index contributed by atoms with van der Waals surface area (Å²) in [5.74, 6) is -0.428. The minimum Gasteiger partial charge on any atom is -0.469 e. The molecule has 6 nitrogen and oxygen atoms in total. The molecule has 2 rings (SSSR count). The molecule has 1 saturated heterocycles. The van der Waals surface area contributed by atoms with Crippen LogP contribution in [0.3, 0.4) is 0 Å². The Morgan fingerprint density at radius 2 is 2.40 bits per heavy atom. The molecule has 0 bridgehead atoms. The summed E-state index contributed by atoms with van der Waals surface area (Å²) in [4.78, 5) is 29.3. The maximum atomic E-state index is 12.4. The number of morpholine rings is 1. The second-order valence-electron chi connectivity index (χ2n) is 4.39. The number of methoxy groups -OCH3 is 1. The zero-order chi connectivity index (χ0) is 14.5. The number of rotatable bonds is 3. The van der Waals surface area contributed by atoms with E-state index in [-0.39, 0.29) is 24.4 Å². The minimum absolute atomic E-state index is 0.0914. The van der Waals surface area contributed by atoms with Crippen molar-refractivity contribution in [3.05, 3.63) is 28.5 Å². The van der Waals surface area contributed by atoms with Gasteiger partial charge in [-0.05, 0) is 28.1 Å². The first-order valence-corrected chi connectivity index (χ1v) is 6.98. The zero-order valence-corrected chi connectivity index (χ0v) is 12.6. The van der Waals surface area contributed by atoms with E-state index in [1.807, 2.05) is 0 Å². The van der Waals surface area contributed by atoms with Crippen LogP contribution in [-0.2, 0) is 14.3 Å². The number of carbonyl (C=O) groups excluding carboxylic acids is 2. The average Bonchev–Trinajstić information content (AvgIpc) is 2.46. The third kappa shape index (κ3) is 3.77. The summed E-state index contributed by atoms with van der Waals surface area (Å²) in [6, 6.07) is 3.34. The quantitative estimate of drug-likeness (QED) is 0.610. The maximum absolute atomic E-state index is 12.4. The molecule has 0 spiro atoms. The summed E-state index contributed by atoms with van der Waals surface area (Å²) in [6.45, 7) is 1.31. The van der Waals surface area contributed by atoms with Crippen LogP contribution in [0.15, 0.2) is 22.9 Å². The van der Waals surface area contributed by atoms with Crippen LogP contribution in [0.2, 0.25) is 0 Å². The normalized spacial score (nSPS) is 18.7. The SMILES string of the molecule is COC(=O)CC1CN(C(=O)c2ccnc(Br)c2)CCO1. The standard InChI is InChI=1S/C13H15BrN2O4/c1-19-12(17)7-10-8-16(4-5-20-10)13(18)9-2-3-15-11(14)6-9/h2-3,6,10H,4-5,7-8H2,1H3. The fourth-order valence-electron chi connectivity index (χ4n) is 2.01. The summed E-state index contributed by atoms with van der Waals surface area (Å²) >= 11 is 3.24. The number of aromatic nitrogens is 1. The summed E-state index contributed by atoms with van der Waals surface area (Å²) < 4.78 is 10.7. The average molecular weight is 343 g/mol. The minimum atomic E-state index is -0.337. The maximum Gasteiger partial charge on any atom is 0.308 e. The van der Waals surface area contributed by atoms with Gasteiger partial charge in [0.05, 0.1) is 26.2 Å². The number of carbonyl (C=O) groups is 2. The van der Waals surface area contributed by atoms with Gasteiger partial charge >= 0.3 is 5.97 Å². The molecule has 108 valence electrons. The van der Waals surface area contributed by atoms with Crippen molar-refractivity contribution in [1.82, 2.24) is 9.88 Å². The van der Waals surface area contributed by atoms with E-state index in [2.05, 4.69) is 25.7 Å². The third-order valence-electron chi connectivity index (χ3n) is 3.02. The van der Waals surface area contributed by atoms with Crippen LogP contribution in [-0.4, -0.2) is 54.7 Å². The highest BCUT2D eigenvalue weighted by atomic mass is 79.9. The molecular weight excluding hydrogens is 328 g/mol. The lowest BCUT2D eigenvalue weighted by Crippen LogP contribution is -2.46. The van der Waals surface area contributed by atoms with Crippen molar-refractivity contribution in [2.24, 2.45) is 0 Å². The van der Waals surface area contributed by atoms with Crippen LogP contribution < -0.4 is 0 Å². The topological polar surface area (TPSA) is 68.7 Å². The van der Waals surface area contributed by atoms with Gasteiger partial charge in [0.25, 0.3) is 5.91 Å². The van der Waals surface area contributed by atoms with E-state index in [9.17, 15) is 9.59 Å². The van der Waals surface area contributed by atoms with Gasteiger partial charge in [0.1, 0.15) is 4.60 Å². The Labute approximate surface area is 125 Å². The first-order valence-electron chi connectivity index (χ1n) is 6.19. The molecule has 2 heterocycles. The van der Waals surface area contributed by atoms with Gasteiger partial charge in [0, 0.05) is 24.8 Å². The molecule has 0 radical (unpaired) electrons. The fraction of sp³-hybridized carbons (Fsp3) is 0.462. The molecule has 1 atom stereocenters. The number of nitrogens with zero attached hydrogens (tertiary/aromatic N) is 2. The van der Waals surface area contributed by atoms with E-state index in [0.717, 1.165) is 0 Å². The fourth-order valence-corrected chi connectivity index (χ4v) is 2.38. The van der Waals surface area contributed by atoms with E-state index in [4.69, 9.17) is 4.74 Å². The number of pyridine rings is 1. The predicted molar refractivity (Wildman–Crippen MR) is 74.2 cm³/mol. The molecule has 20 heavy (non-hydrogen) atoms. The Hall–Kier alpha value is -1.47. The second kappa shape index (κ2) is 6.81. The highest BCUT2D eigenvalue weighted by molar-refractivity contribution is 9.10. The zero-order valence-electron chi connectivity index (χ0n) is 11.0. The van der Waals surface area contributed by atoms with Gasteiger partial charge < -0.3 is 14.4 Å². The summed E-state index contributed by atoms with van der Waals surface area (Å²) in [6.07, 6.45) is 1.41. The lowest BCUT2D eigenvalue weighted by atomic mass is 10.1. The van der Waals surface area contributed by atoms with E-state index < -0.39 is 0 Å². The molecule has 0 aliphatic carbocycles. The lowest BCUT2D eigenvalue weighted by molar-refractivity contribution is -0.145. The molecule has 1 aliphatic heterocycles. The highest BCUT2D eigenvalue weighted by Crippen LogP contribution is 2.15. The highest BCUT2D eigenvalue weighted by Gasteiger charge is 2.27. The van der Waals surface area contributed by atoms with Gasteiger partial charge in [-0.25, -0.2) is 4.98 Å². The first-order chi connectivity index (χ1) is 9.60. The lowest BCUT2D eigenvalue weighted by Gasteiger charge is -2.32. The Bertz CT molecular complexity index is 509. The summed E-state index contributed by atoms with van der Waals surface area (Å²) in [7, 11) is 1.34. The molecule has 1 aromatic rings. The Morgan fingerprint density at radius 3 is 3.10 bits per heavy atom. The Kier molecular flexibility index (Phi) is 5.08. The van der Waals surface area contributed by atoms with Gasteiger partial charge in [-0.2, -0.15) is 0 Å². The largest absolute Gasteiger partial charge is 0.469 e. The summed E-state index contributed by atoms with van der Waals surface area (Å²) in [5.41, 5.74) is 0.561. The number of amides is 1. The van der Waals surface area contributed by atoms with Crippen LogP contribution in [0.5, 0.6) is 0 Å². The molecular formula is C13H15BrN2O4. The van der Waals surface area contributed by atoms with Crippen LogP contribution in [0.1, 0.15) is 16.8 Å². The van der Waals surface area contributed by atoms with Crippen LogP contribution in [0.25, 0.3) is 0 Å². The molecule has 7 heteroatoms. The van der Waals surface area contributed by atoms with Crippen molar-refractivity contribution in [3.63, 3.8) is 0 Å². The van der Waals surface area contributed by atoms with Gasteiger partial charge in [-0.1, -0.05) is 0 Å². The van der Waals surface area contributed by atoms with Gasteiger partial charge in [0.15, 0.2) is 0 Å². The first kappa shape index (κ1) is 14.9.